The zero-order valence-electron chi connectivity index (χ0n) is 66.8. The van der Waals surface area contributed by atoms with Gasteiger partial charge in [0.2, 0.25) is 0 Å². The summed E-state index contributed by atoms with van der Waals surface area (Å²) in [6, 6.07) is 0. The first-order chi connectivity index (χ1) is 45.8. The Morgan fingerprint density at radius 1 is 0.333 bits per heavy atom. The first kappa shape index (κ1) is 74.6. The van der Waals surface area contributed by atoms with E-state index in [2.05, 4.69) is 132 Å². The molecule has 15 rings (SSSR count). The van der Waals surface area contributed by atoms with Gasteiger partial charge in [0.05, 0.1) is 30.3 Å². The number of aliphatic carboxylic acids is 3. The van der Waals surface area contributed by atoms with Gasteiger partial charge in [-0.1, -0.05) is 132 Å². The van der Waals surface area contributed by atoms with Crippen LogP contribution in [0.5, 0.6) is 0 Å². The van der Waals surface area contributed by atoms with Crippen LogP contribution in [0.15, 0.2) is 0 Å². The number of esters is 2. The maximum atomic E-state index is 12.9. The summed E-state index contributed by atoms with van der Waals surface area (Å²) in [5, 5.41) is 30.6. The maximum Gasteiger partial charge on any atom is 0.309 e. The Morgan fingerprint density at radius 3 is 1.08 bits per heavy atom. The van der Waals surface area contributed by atoms with Crippen molar-refractivity contribution in [2.45, 2.75) is 337 Å². The second-order valence-electron chi connectivity index (χ2n) is 44.0. The van der Waals surface area contributed by atoms with Gasteiger partial charge in [0.15, 0.2) is 0 Å². The summed E-state index contributed by atoms with van der Waals surface area (Å²) in [6.45, 7) is 49.8. The van der Waals surface area contributed by atoms with Crippen LogP contribution in [0, 0.1) is 182 Å². The lowest BCUT2D eigenvalue weighted by Crippen LogP contribution is -2.67. The van der Waals surface area contributed by atoms with E-state index in [0.29, 0.717) is 104 Å². The molecule has 15 saturated carbocycles. The van der Waals surface area contributed by atoms with Gasteiger partial charge in [-0.15, -0.1) is 0 Å². The van der Waals surface area contributed by atoms with Crippen LogP contribution in [0.4, 0.5) is 0 Å². The van der Waals surface area contributed by atoms with E-state index in [0.717, 1.165) is 99.7 Å². The van der Waals surface area contributed by atoms with Crippen molar-refractivity contribution in [3.05, 3.63) is 0 Å². The van der Waals surface area contributed by atoms with Crippen molar-refractivity contribution >= 4 is 29.8 Å². The zero-order chi connectivity index (χ0) is 72.4. The lowest BCUT2D eigenvalue weighted by atomic mass is 9.32. The predicted octanol–water partition coefficient (Wildman–Crippen LogP) is 21.9. The third-order valence-corrected chi connectivity index (χ3v) is 41.0. The van der Waals surface area contributed by atoms with Crippen LogP contribution in [0.1, 0.15) is 331 Å². The molecule has 12 unspecified atom stereocenters. The van der Waals surface area contributed by atoms with Gasteiger partial charge in [0.1, 0.15) is 6.10 Å². The van der Waals surface area contributed by atoms with Crippen molar-refractivity contribution in [3.63, 3.8) is 0 Å². The summed E-state index contributed by atoms with van der Waals surface area (Å²) in [6.07, 6.45) is 34.5. The molecule has 0 aromatic heterocycles. The molecule has 0 spiro atoms. The quantitative estimate of drug-likeness (QED) is 0.226. The maximum absolute atomic E-state index is 12.9. The Morgan fingerprint density at radius 2 is 0.687 bits per heavy atom. The Labute approximate surface area is 601 Å². The Kier molecular flexibility index (Phi) is 18.0. The number of fused-ring (bicyclic) bond motifs is 21. The molecule has 0 heterocycles. The van der Waals surface area contributed by atoms with Crippen LogP contribution in [0.25, 0.3) is 0 Å². The van der Waals surface area contributed by atoms with E-state index in [4.69, 9.17) is 9.47 Å². The number of ether oxygens (including phenoxy) is 2. The largest absolute Gasteiger partial charge is 0.481 e. The highest BCUT2D eigenvalue weighted by Crippen LogP contribution is 2.82. The number of rotatable bonds is 5. The van der Waals surface area contributed by atoms with E-state index < -0.39 is 29.2 Å². The molecule has 0 aromatic rings. The molecule has 99 heavy (non-hydrogen) atoms. The van der Waals surface area contributed by atoms with Crippen LogP contribution in [-0.2, 0) is 33.4 Å². The van der Waals surface area contributed by atoms with Gasteiger partial charge in [0.25, 0.3) is 0 Å². The van der Waals surface area contributed by atoms with Crippen LogP contribution >= 0.6 is 0 Å². The number of carbonyl (C=O) groups is 5. The van der Waals surface area contributed by atoms with Crippen LogP contribution in [0.3, 0.4) is 0 Å². The van der Waals surface area contributed by atoms with Crippen molar-refractivity contribution in [1.82, 2.24) is 0 Å². The van der Waals surface area contributed by atoms with Gasteiger partial charge in [-0.3, -0.25) is 24.0 Å². The summed E-state index contributed by atoms with van der Waals surface area (Å²) in [7, 11) is 1.60. The van der Waals surface area contributed by atoms with Gasteiger partial charge in [-0.2, -0.15) is 0 Å². The average Bonchev–Trinajstić information content (AvgIpc) is 1.59. The number of methoxy groups -OCH3 is 1. The molecule has 0 saturated heterocycles. The highest BCUT2D eigenvalue weighted by atomic mass is 16.5. The molecule has 560 valence electrons. The Balaban J connectivity index is 0.000000134. The molecule has 15 aliphatic carbocycles. The third-order valence-electron chi connectivity index (χ3n) is 41.0. The molecule has 15 aliphatic rings. The molecule has 0 aliphatic heterocycles. The summed E-state index contributed by atoms with van der Waals surface area (Å²) in [4.78, 5) is 62.0. The smallest absolute Gasteiger partial charge is 0.309 e. The predicted molar refractivity (Wildman–Crippen MR) is 393 cm³/mol. The van der Waals surface area contributed by atoms with E-state index in [-0.39, 0.29) is 68.8 Å². The van der Waals surface area contributed by atoms with E-state index >= 15 is 0 Å². The lowest BCUT2D eigenvalue weighted by Gasteiger charge is -2.73. The number of hydrogen-bond acceptors (Lipinski definition) is 7. The van der Waals surface area contributed by atoms with Gasteiger partial charge >= 0.3 is 29.8 Å². The SMILES string of the molecule is CC(=O)O[C@H]1CC[C@@]2(C)C(CC[C@]3(C)C2CCC2C4[C@H](C(=O)O)CC[C@]4(C(=O)O)CC[C@]23C)C1(C)C.COC(=O)[C@@H]1CC[C@]2(C)CC[C@]3(C)C(CCC4[C@@]5(C)CC[C@H](C)C(C)(C)C5CC[C@]43C)C12.C[C@H]1CC[C@@]2(C)C(CC[C@]3(C)C2CCC2C4[C@H](C(=O)O)CC[C@]4(C)CC[C@]23C)C1(C)C. The van der Waals surface area contributed by atoms with Crippen molar-refractivity contribution in [1.29, 1.82) is 0 Å². The number of carboxylic acid groups (broad SMARTS) is 3. The monoisotopic (exact) mass is 1370 g/mol. The normalized spacial score (nSPS) is 55.0. The zero-order valence-corrected chi connectivity index (χ0v) is 66.8. The number of carbonyl (C=O) groups excluding carboxylic acids is 2. The molecule has 0 bridgehead atoms. The molecule has 0 aromatic carbocycles. The minimum absolute atomic E-state index is 0.0435. The molecule has 3 N–H and O–H groups in total. The highest BCUT2D eigenvalue weighted by Gasteiger charge is 2.76. The molecular weight excluding hydrogens is 1230 g/mol. The number of hydrogen-bond donors (Lipinski definition) is 3. The minimum Gasteiger partial charge on any atom is -0.481 e. The Bertz CT molecular complexity index is 3180. The van der Waals surface area contributed by atoms with Crippen LogP contribution in [-0.4, -0.2) is 58.4 Å². The lowest BCUT2D eigenvalue weighted by molar-refractivity contribution is -0.251. The van der Waals surface area contributed by atoms with Gasteiger partial charge in [-0.25, -0.2) is 0 Å². The third kappa shape index (κ3) is 9.99. The minimum atomic E-state index is -0.873. The topological polar surface area (TPSA) is 164 Å². The molecule has 10 nitrogen and oxygen atoms in total. The summed E-state index contributed by atoms with van der Waals surface area (Å²) in [5.41, 5.74) is 3.02. The van der Waals surface area contributed by atoms with E-state index in [1.807, 2.05) is 0 Å². The van der Waals surface area contributed by atoms with Crippen LogP contribution < -0.4 is 0 Å². The van der Waals surface area contributed by atoms with Crippen molar-refractivity contribution in [2.75, 3.05) is 7.11 Å². The van der Waals surface area contributed by atoms with Crippen LogP contribution in [0.2, 0.25) is 0 Å². The van der Waals surface area contributed by atoms with Gasteiger partial charge in [-0.05, 0) is 346 Å². The second-order valence-corrected chi connectivity index (χ2v) is 44.0. The fourth-order valence-electron chi connectivity index (χ4n) is 34.6. The summed E-state index contributed by atoms with van der Waals surface area (Å²) < 4.78 is 11.2. The van der Waals surface area contributed by atoms with Gasteiger partial charge < -0.3 is 24.8 Å². The standard InChI is InChI=1S/C30H46O6.C30H50O2.C29H48O2/c1-17(31)36-22-11-12-27(4)20(26(22,2)3)10-13-29(6)21(27)8-7-19-23-18(24(32)33)9-14-30(23,25(34)35)16-15-28(19,29)5;1-19-11-15-28(5)22(26(19,2)3)13-16-30(7)23(28)10-9-21-24-20(25(31)32-8)12-14-27(24,4)17-18-29(21,30)6;1-18-10-14-27(5)21(25(18,2)3)12-15-29(7)22(27)9-8-20-23-19(24(30)31)11-13-26(23,4)16-17-28(20,29)6/h18-23H,7-16H2,1-6H3,(H,32,33)(H,34,35);19-24H,9-18H2,1-8H3;18-23H,8-17H2,1-7H3,(H,30,31)/t18-,19?,20?,21?,22+,23?,27+,28-,29-,30+;19-,20+,21?,22?,23?,24?,27+,28-,29+,30+;18-,19+,20?,21?,22?,23?,26+,27-,28+,29+/m100/s1. The second kappa shape index (κ2) is 23.9. The summed E-state index contributed by atoms with van der Waals surface area (Å²) in [5.74, 6) is 5.34. The molecular formula is C89H144O10. The first-order valence-electron chi connectivity index (χ1n) is 41.8. The molecule has 0 amide bonds. The van der Waals surface area contributed by atoms with Crippen molar-refractivity contribution in [3.8, 4) is 0 Å². The van der Waals surface area contributed by atoms with Gasteiger partial charge in [0, 0.05) is 12.3 Å². The van der Waals surface area contributed by atoms with Crippen molar-refractivity contribution in [2.24, 2.45) is 182 Å². The summed E-state index contributed by atoms with van der Waals surface area (Å²) >= 11 is 0. The molecule has 15 fully saturated rings. The van der Waals surface area contributed by atoms with E-state index in [1.165, 1.54) is 116 Å². The Hall–Kier alpha value is -2.65. The average molecular weight is 1370 g/mol. The molecule has 10 heteroatoms. The van der Waals surface area contributed by atoms with E-state index in [1.54, 1.807) is 7.11 Å². The van der Waals surface area contributed by atoms with E-state index in [9.17, 15) is 39.3 Å². The molecule has 30 atom stereocenters. The highest BCUT2D eigenvalue weighted by molar-refractivity contribution is 5.80. The fourth-order valence-corrected chi connectivity index (χ4v) is 34.6. The number of carboxylic acids is 3. The first-order valence-corrected chi connectivity index (χ1v) is 41.8. The molecule has 0 radical (unpaired) electrons. The fraction of sp³-hybridized carbons (Fsp3) is 0.944. The van der Waals surface area contributed by atoms with Crippen molar-refractivity contribution < 1.29 is 48.8 Å².